The van der Waals surface area contributed by atoms with Gasteiger partial charge in [-0.2, -0.15) is 0 Å². The van der Waals surface area contributed by atoms with E-state index < -0.39 is 0 Å². The largest absolute Gasteiger partial charge is 0.330 e. The van der Waals surface area contributed by atoms with Crippen molar-refractivity contribution in [2.45, 2.75) is 31.5 Å². The van der Waals surface area contributed by atoms with Gasteiger partial charge >= 0.3 is 0 Å². The van der Waals surface area contributed by atoms with Crippen LogP contribution in [0.15, 0.2) is 58.4 Å². The molecular formula is C23H22N4OS3. The first-order valence-corrected chi connectivity index (χ1v) is 12.9. The lowest BCUT2D eigenvalue weighted by molar-refractivity contribution is -0.130. The third-order valence-corrected chi connectivity index (χ3v) is 8.35. The number of aryl methyl sites for hydroxylation is 2. The van der Waals surface area contributed by atoms with Crippen LogP contribution in [0.25, 0.3) is 5.69 Å². The fourth-order valence-electron chi connectivity index (χ4n) is 3.98. The molecule has 0 aliphatic carbocycles. The van der Waals surface area contributed by atoms with Crippen molar-refractivity contribution in [2.24, 2.45) is 0 Å². The fraction of sp³-hybridized carbons (Fsp3) is 0.261. The zero-order chi connectivity index (χ0) is 21.4. The molecule has 0 N–H and O–H groups in total. The lowest BCUT2D eigenvalue weighted by atomic mass is 9.98. The van der Waals surface area contributed by atoms with E-state index in [9.17, 15) is 4.79 Å². The van der Waals surface area contributed by atoms with Gasteiger partial charge in [0.25, 0.3) is 0 Å². The summed E-state index contributed by atoms with van der Waals surface area (Å²) in [7, 11) is 0. The van der Waals surface area contributed by atoms with Crippen molar-refractivity contribution in [3.8, 4) is 5.69 Å². The Kier molecular flexibility index (Phi) is 5.69. The molecule has 4 heterocycles. The van der Waals surface area contributed by atoms with Gasteiger partial charge in [0.2, 0.25) is 5.91 Å². The summed E-state index contributed by atoms with van der Waals surface area (Å²) in [6.45, 7) is 4.76. The van der Waals surface area contributed by atoms with E-state index in [0.29, 0.717) is 5.75 Å². The van der Waals surface area contributed by atoms with E-state index in [1.54, 1.807) is 22.7 Å². The quantitative estimate of drug-likeness (QED) is 0.376. The topological polar surface area (TPSA) is 51.0 Å². The summed E-state index contributed by atoms with van der Waals surface area (Å²) < 4.78 is 2.02. The predicted octanol–water partition coefficient (Wildman–Crippen LogP) is 5.27. The molecule has 5 nitrogen and oxygen atoms in total. The Balaban J connectivity index is 1.37. The number of benzene rings is 1. The molecule has 0 spiro atoms. The van der Waals surface area contributed by atoms with Crippen molar-refractivity contribution in [3.63, 3.8) is 0 Å². The summed E-state index contributed by atoms with van der Waals surface area (Å²) in [5.74, 6) is 1.29. The smallest absolute Gasteiger partial charge is 0.233 e. The maximum atomic E-state index is 13.4. The summed E-state index contributed by atoms with van der Waals surface area (Å²) in [5.41, 5.74) is 3.49. The summed E-state index contributed by atoms with van der Waals surface area (Å²) in [4.78, 5) is 18.0. The minimum atomic E-state index is 0.0137. The van der Waals surface area contributed by atoms with Crippen molar-refractivity contribution in [2.75, 3.05) is 12.3 Å². The highest BCUT2D eigenvalue weighted by molar-refractivity contribution is 7.99. The number of carbonyl (C=O) groups is 1. The third kappa shape index (κ3) is 3.95. The number of nitrogens with zero attached hydrogens (tertiary/aromatic N) is 4. The average molecular weight is 467 g/mol. The van der Waals surface area contributed by atoms with Crippen LogP contribution in [0.1, 0.15) is 32.7 Å². The van der Waals surface area contributed by atoms with Gasteiger partial charge in [-0.3, -0.25) is 9.36 Å². The van der Waals surface area contributed by atoms with Crippen molar-refractivity contribution in [1.29, 1.82) is 0 Å². The van der Waals surface area contributed by atoms with Crippen molar-refractivity contribution in [1.82, 2.24) is 19.7 Å². The number of rotatable bonds is 5. The highest BCUT2D eigenvalue weighted by Crippen LogP contribution is 2.40. The zero-order valence-electron chi connectivity index (χ0n) is 17.3. The van der Waals surface area contributed by atoms with Crippen LogP contribution in [0.3, 0.4) is 0 Å². The van der Waals surface area contributed by atoms with Gasteiger partial charge in [0.15, 0.2) is 5.16 Å². The van der Waals surface area contributed by atoms with Crippen LogP contribution in [-0.4, -0.2) is 37.9 Å². The lowest BCUT2D eigenvalue weighted by Crippen LogP contribution is -2.40. The molecule has 0 radical (unpaired) electrons. The monoisotopic (exact) mass is 466 g/mol. The molecule has 4 aromatic rings. The highest BCUT2D eigenvalue weighted by Gasteiger charge is 2.33. The van der Waals surface area contributed by atoms with Gasteiger partial charge in [0, 0.05) is 22.0 Å². The predicted molar refractivity (Wildman–Crippen MR) is 127 cm³/mol. The maximum Gasteiger partial charge on any atom is 0.233 e. The number of thioether (sulfide) groups is 1. The molecule has 31 heavy (non-hydrogen) atoms. The van der Waals surface area contributed by atoms with Crippen LogP contribution in [0.4, 0.5) is 0 Å². The Morgan fingerprint density at radius 3 is 2.71 bits per heavy atom. The van der Waals surface area contributed by atoms with Crippen LogP contribution in [0, 0.1) is 13.8 Å². The van der Waals surface area contributed by atoms with Gasteiger partial charge in [0.05, 0.1) is 11.8 Å². The molecule has 3 aromatic heterocycles. The van der Waals surface area contributed by atoms with Crippen molar-refractivity contribution in [3.05, 3.63) is 79.9 Å². The van der Waals surface area contributed by atoms with Crippen molar-refractivity contribution >= 4 is 40.3 Å². The number of thiophene rings is 2. The molecule has 1 aliphatic heterocycles. The van der Waals surface area contributed by atoms with Crippen LogP contribution in [0.5, 0.6) is 0 Å². The second kappa shape index (κ2) is 8.61. The van der Waals surface area contributed by atoms with Crippen LogP contribution < -0.4 is 0 Å². The SMILES string of the molecule is Cc1ccc(-n2c(C)nnc2SCC(=O)N2CCc3sccc3[C@H]2c2cccs2)cc1. The van der Waals surface area contributed by atoms with Crippen LogP contribution >= 0.6 is 34.4 Å². The Morgan fingerprint density at radius 2 is 1.94 bits per heavy atom. The third-order valence-electron chi connectivity index (χ3n) is 5.51. The van der Waals surface area contributed by atoms with Crippen LogP contribution in [0.2, 0.25) is 0 Å². The van der Waals surface area contributed by atoms with E-state index in [4.69, 9.17) is 0 Å². The molecule has 5 rings (SSSR count). The summed E-state index contributed by atoms with van der Waals surface area (Å²) in [6.07, 6.45) is 0.921. The molecular weight excluding hydrogens is 444 g/mol. The standard InChI is InChI=1S/C23H22N4OS3/c1-15-5-7-17(8-6-15)27-16(2)24-25-23(27)31-14-21(28)26-11-9-19-18(10-13-30-19)22(26)20-4-3-12-29-20/h3-8,10,12-13,22H,9,11,14H2,1-2H3/t22-/m0/s1. The summed E-state index contributed by atoms with van der Waals surface area (Å²) in [5, 5.41) is 13.6. The molecule has 0 bridgehead atoms. The molecule has 1 atom stereocenters. The molecule has 0 unspecified atom stereocenters. The molecule has 1 amide bonds. The average Bonchev–Trinajstić information content (AvgIpc) is 3.53. The molecule has 0 fully saturated rings. The molecule has 158 valence electrons. The first-order chi connectivity index (χ1) is 15.1. The molecule has 0 saturated carbocycles. The molecule has 1 aliphatic rings. The van der Waals surface area contributed by atoms with Gasteiger partial charge in [-0.1, -0.05) is 35.5 Å². The maximum absolute atomic E-state index is 13.4. The van der Waals surface area contributed by atoms with Crippen molar-refractivity contribution < 1.29 is 4.79 Å². The number of hydrogen-bond donors (Lipinski definition) is 0. The first-order valence-electron chi connectivity index (χ1n) is 10.1. The Labute approximate surface area is 193 Å². The van der Waals surface area contributed by atoms with E-state index in [1.807, 2.05) is 16.4 Å². The first kappa shape index (κ1) is 20.5. The normalized spacial score (nSPS) is 15.8. The van der Waals surface area contributed by atoms with E-state index in [-0.39, 0.29) is 11.9 Å². The minimum Gasteiger partial charge on any atom is -0.330 e. The lowest BCUT2D eigenvalue weighted by Gasteiger charge is -2.35. The molecule has 0 saturated heterocycles. The number of amides is 1. The minimum absolute atomic E-state index is 0.0137. The van der Waals surface area contributed by atoms with Gasteiger partial charge < -0.3 is 4.90 Å². The second-order valence-corrected chi connectivity index (χ2v) is 10.5. The van der Waals surface area contributed by atoms with Gasteiger partial charge in [-0.15, -0.1) is 32.9 Å². The van der Waals surface area contributed by atoms with E-state index in [1.165, 1.54) is 32.6 Å². The Hall–Kier alpha value is -2.42. The fourth-order valence-corrected chi connectivity index (χ4v) is 6.62. The molecule has 1 aromatic carbocycles. The van der Waals surface area contributed by atoms with Gasteiger partial charge in [-0.25, -0.2) is 0 Å². The molecule has 8 heteroatoms. The highest BCUT2D eigenvalue weighted by atomic mass is 32.2. The second-order valence-electron chi connectivity index (χ2n) is 7.54. The van der Waals surface area contributed by atoms with E-state index in [0.717, 1.165) is 29.6 Å². The number of hydrogen-bond acceptors (Lipinski definition) is 6. The van der Waals surface area contributed by atoms with E-state index >= 15 is 0 Å². The Morgan fingerprint density at radius 1 is 1.10 bits per heavy atom. The zero-order valence-corrected chi connectivity index (χ0v) is 19.8. The van der Waals surface area contributed by atoms with Gasteiger partial charge in [0.1, 0.15) is 5.82 Å². The van der Waals surface area contributed by atoms with Crippen LogP contribution in [-0.2, 0) is 11.2 Å². The summed E-state index contributed by atoms with van der Waals surface area (Å²) >= 11 is 4.96. The summed E-state index contributed by atoms with van der Waals surface area (Å²) in [6, 6.07) is 14.7. The Bertz CT molecular complexity index is 1190. The van der Waals surface area contributed by atoms with Gasteiger partial charge in [-0.05, 0) is 60.9 Å². The van der Waals surface area contributed by atoms with E-state index in [2.05, 4.69) is 70.3 Å². The number of fused-ring (bicyclic) bond motifs is 1. The number of aromatic nitrogens is 3. The number of carbonyl (C=O) groups excluding carboxylic acids is 1.